The summed E-state index contributed by atoms with van der Waals surface area (Å²) in [7, 11) is -2.10. The maximum Gasteiger partial charge on any atom is 0.341 e. The lowest BCUT2D eigenvalue weighted by atomic mass is 10.0. The maximum atomic E-state index is 12.9. The van der Waals surface area contributed by atoms with Gasteiger partial charge in [0.05, 0.1) is 23.3 Å². The molecule has 3 rings (SSSR count). The van der Waals surface area contributed by atoms with Gasteiger partial charge in [0.2, 0.25) is 0 Å². The molecule has 1 N–H and O–H groups in total. The van der Waals surface area contributed by atoms with Crippen LogP contribution in [0.1, 0.15) is 51.4 Å². The summed E-state index contributed by atoms with van der Waals surface area (Å²) in [6, 6.07) is 5.93. The van der Waals surface area contributed by atoms with Crippen molar-refractivity contribution in [1.82, 2.24) is 4.90 Å². The number of esters is 1. The van der Waals surface area contributed by atoms with E-state index in [9.17, 15) is 18.0 Å². The van der Waals surface area contributed by atoms with Gasteiger partial charge in [0.25, 0.3) is 5.91 Å². The van der Waals surface area contributed by atoms with E-state index in [2.05, 4.69) is 17.1 Å². The summed E-state index contributed by atoms with van der Waals surface area (Å²) in [6.07, 6.45) is 1.77. The van der Waals surface area contributed by atoms with Crippen molar-refractivity contribution in [2.45, 2.75) is 38.1 Å². The minimum Gasteiger partial charge on any atom is -0.465 e. The summed E-state index contributed by atoms with van der Waals surface area (Å²) in [5.74, 6) is -0.984. The Bertz CT molecular complexity index is 1060. The number of amides is 1. The molecule has 30 heavy (non-hydrogen) atoms. The van der Waals surface area contributed by atoms with Crippen LogP contribution in [-0.4, -0.2) is 51.1 Å². The van der Waals surface area contributed by atoms with E-state index in [0.29, 0.717) is 10.6 Å². The molecule has 1 aliphatic rings. The van der Waals surface area contributed by atoms with Crippen molar-refractivity contribution >= 4 is 38.1 Å². The number of carbonyl (C=O) groups excluding carboxylic acids is 2. The van der Waals surface area contributed by atoms with Gasteiger partial charge in [-0.1, -0.05) is 19.9 Å². The molecule has 162 valence electrons. The van der Waals surface area contributed by atoms with Crippen LogP contribution in [0.25, 0.3) is 0 Å². The van der Waals surface area contributed by atoms with Crippen LogP contribution >= 0.6 is 11.3 Å². The van der Waals surface area contributed by atoms with Crippen LogP contribution in [0, 0.1) is 0 Å². The summed E-state index contributed by atoms with van der Waals surface area (Å²) in [5.41, 5.74) is 1.55. The minimum atomic E-state index is -3.42. The number of ether oxygens (including phenoxy) is 1. The molecule has 1 aromatic carbocycles. The second-order valence-corrected chi connectivity index (χ2v) is 10.5. The quantitative estimate of drug-likeness (QED) is 0.651. The molecular formula is C21H26N2O5S2. The van der Waals surface area contributed by atoms with E-state index in [-0.39, 0.29) is 16.2 Å². The number of methoxy groups -OCH3 is 1. The van der Waals surface area contributed by atoms with Crippen molar-refractivity contribution in [1.29, 1.82) is 0 Å². The molecule has 2 aromatic rings. The van der Waals surface area contributed by atoms with Crippen molar-refractivity contribution in [2.75, 3.05) is 31.3 Å². The molecule has 1 aliphatic heterocycles. The monoisotopic (exact) mass is 450 g/mol. The van der Waals surface area contributed by atoms with E-state index in [4.69, 9.17) is 4.74 Å². The van der Waals surface area contributed by atoms with Crippen LogP contribution in [0.3, 0.4) is 0 Å². The predicted octanol–water partition coefficient (Wildman–Crippen LogP) is 3.35. The first-order valence-electron chi connectivity index (χ1n) is 9.90. The number of nitrogens with zero attached hydrogens (tertiary/aromatic N) is 1. The van der Waals surface area contributed by atoms with Gasteiger partial charge in [-0.15, -0.1) is 11.3 Å². The Morgan fingerprint density at radius 2 is 2.03 bits per heavy atom. The fourth-order valence-corrected chi connectivity index (χ4v) is 5.74. The fraction of sp³-hybridized carbons (Fsp3) is 0.429. The van der Waals surface area contributed by atoms with Crippen LogP contribution in [0.5, 0.6) is 0 Å². The average Bonchev–Trinajstić information content (AvgIpc) is 3.10. The highest BCUT2D eigenvalue weighted by atomic mass is 32.2. The van der Waals surface area contributed by atoms with Crippen molar-refractivity contribution in [3.63, 3.8) is 0 Å². The lowest BCUT2D eigenvalue weighted by Crippen LogP contribution is -2.30. The van der Waals surface area contributed by atoms with E-state index in [0.717, 1.165) is 42.9 Å². The zero-order chi connectivity index (χ0) is 21.9. The molecule has 1 aromatic heterocycles. The van der Waals surface area contributed by atoms with E-state index in [1.54, 1.807) is 19.1 Å². The number of thiophene rings is 1. The van der Waals surface area contributed by atoms with Crippen LogP contribution in [0.4, 0.5) is 5.00 Å². The summed E-state index contributed by atoms with van der Waals surface area (Å²) in [4.78, 5) is 28.8. The first-order chi connectivity index (χ1) is 14.3. The van der Waals surface area contributed by atoms with Gasteiger partial charge in [0, 0.05) is 23.5 Å². The fourth-order valence-electron chi connectivity index (χ4n) is 3.54. The number of hydrogen-bond donors (Lipinski definition) is 1. The number of fused-ring (bicyclic) bond motifs is 1. The Kier molecular flexibility index (Phi) is 6.95. The SMILES string of the molecule is CCCN1CCc2c(sc(NC(=O)c3cccc(S(=O)(=O)CC)c3)c2C(=O)OC)C1. The first kappa shape index (κ1) is 22.5. The molecule has 0 atom stereocenters. The molecule has 0 saturated carbocycles. The number of carbonyl (C=O) groups is 2. The Balaban J connectivity index is 1.92. The van der Waals surface area contributed by atoms with Crippen LogP contribution in [0.2, 0.25) is 0 Å². The molecule has 9 heteroatoms. The predicted molar refractivity (Wildman–Crippen MR) is 117 cm³/mol. The molecule has 0 unspecified atom stereocenters. The number of benzene rings is 1. The van der Waals surface area contributed by atoms with E-state index >= 15 is 0 Å². The summed E-state index contributed by atoms with van der Waals surface area (Å²) in [6.45, 7) is 6.25. The molecule has 0 fully saturated rings. The smallest absolute Gasteiger partial charge is 0.341 e. The molecule has 7 nitrogen and oxygen atoms in total. The third-order valence-electron chi connectivity index (χ3n) is 5.13. The topological polar surface area (TPSA) is 92.8 Å². The first-order valence-corrected chi connectivity index (χ1v) is 12.4. The number of hydrogen-bond acceptors (Lipinski definition) is 7. The highest BCUT2D eigenvalue weighted by molar-refractivity contribution is 7.91. The number of sulfone groups is 1. The number of nitrogens with one attached hydrogen (secondary N) is 1. The van der Waals surface area contributed by atoms with Gasteiger partial charge < -0.3 is 10.1 Å². The molecule has 0 saturated heterocycles. The standard InChI is InChI=1S/C21H26N2O5S2/c1-4-10-23-11-9-16-17(13-23)29-20(18(16)21(25)28-3)22-19(24)14-7-6-8-15(12-14)30(26,27)5-2/h6-8,12H,4-5,9-11,13H2,1-3H3,(H,22,24). The molecular weight excluding hydrogens is 424 g/mol. The molecule has 0 spiro atoms. The second-order valence-electron chi connectivity index (χ2n) is 7.11. The van der Waals surface area contributed by atoms with E-state index < -0.39 is 21.7 Å². The second kappa shape index (κ2) is 9.28. The highest BCUT2D eigenvalue weighted by Crippen LogP contribution is 2.38. The maximum absolute atomic E-state index is 12.9. The lowest BCUT2D eigenvalue weighted by Gasteiger charge is -2.26. The van der Waals surface area contributed by atoms with Crippen LogP contribution < -0.4 is 5.32 Å². The van der Waals surface area contributed by atoms with Crippen molar-refractivity contribution in [3.05, 3.63) is 45.8 Å². The third-order valence-corrected chi connectivity index (χ3v) is 7.99. The zero-order valence-corrected chi connectivity index (χ0v) is 19.0. The Hall–Kier alpha value is -2.23. The van der Waals surface area contributed by atoms with Crippen molar-refractivity contribution in [3.8, 4) is 0 Å². The minimum absolute atomic E-state index is 0.0452. The average molecular weight is 451 g/mol. The van der Waals surface area contributed by atoms with E-state index in [1.807, 2.05) is 0 Å². The lowest BCUT2D eigenvalue weighted by molar-refractivity contribution is 0.0600. The van der Waals surface area contributed by atoms with Gasteiger partial charge in [0.15, 0.2) is 9.84 Å². The normalized spacial score (nSPS) is 14.2. The Labute approximate surface area is 181 Å². The van der Waals surface area contributed by atoms with Crippen molar-refractivity contribution < 1.29 is 22.7 Å². The molecule has 0 radical (unpaired) electrons. The molecule has 1 amide bonds. The van der Waals surface area contributed by atoms with Gasteiger partial charge in [-0.2, -0.15) is 0 Å². The zero-order valence-electron chi connectivity index (χ0n) is 17.4. The third kappa shape index (κ3) is 4.58. The van der Waals surface area contributed by atoms with Crippen LogP contribution in [0.15, 0.2) is 29.2 Å². The Morgan fingerprint density at radius 1 is 1.27 bits per heavy atom. The molecule has 0 bridgehead atoms. The van der Waals surface area contributed by atoms with E-state index in [1.165, 1.54) is 30.6 Å². The number of anilines is 1. The van der Waals surface area contributed by atoms with Crippen molar-refractivity contribution in [2.24, 2.45) is 0 Å². The Morgan fingerprint density at radius 3 is 2.70 bits per heavy atom. The summed E-state index contributed by atoms with van der Waals surface area (Å²) >= 11 is 1.38. The molecule has 0 aliphatic carbocycles. The summed E-state index contributed by atoms with van der Waals surface area (Å²) in [5, 5.41) is 3.25. The van der Waals surface area contributed by atoms with Gasteiger partial charge in [0.1, 0.15) is 5.00 Å². The van der Waals surface area contributed by atoms with Gasteiger partial charge in [-0.05, 0) is 43.1 Å². The molecule has 2 heterocycles. The van der Waals surface area contributed by atoms with Crippen LogP contribution in [-0.2, 0) is 27.5 Å². The number of rotatable bonds is 7. The van der Waals surface area contributed by atoms with Gasteiger partial charge in [-0.3, -0.25) is 9.69 Å². The summed E-state index contributed by atoms with van der Waals surface area (Å²) < 4.78 is 29.2. The largest absolute Gasteiger partial charge is 0.465 e. The van der Waals surface area contributed by atoms with Gasteiger partial charge in [-0.25, -0.2) is 13.2 Å². The highest BCUT2D eigenvalue weighted by Gasteiger charge is 2.29. The van der Waals surface area contributed by atoms with Gasteiger partial charge >= 0.3 is 5.97 Å².